The van der Waals surface area contributed by atoms with E-state index in [1.165, 1.54) is 0 Å². The van der Waals surface area contributed by atoms with Crippen molar-refractivity contribution in [2.24, 2.45) is 0 Å². The van der Waals surface area contributed by atoms with Crippen molar-refractivity contribution in [1.82, 2.24) is 0 Å². The van der Waals surface area contributed by atoms with Gasteiger partial charge in [0.1, 0.15) is 12.1 Å². The van der Waals surface area contributed by atoms with Gasteiger partial charge in [0.05, 0.1) is 0 Å². The van der Waals surface area contributed by atoms with E-state index in [4.69, 9.17) is 0 Å². The van der Waals surface area contributed by atoms with Crippen LogP contribution in [0, 0.1) is 0 Å². The molecule has 0 heterocycles. The summed E-state index contributed by atoms with van der Waals surface area (Å²) in [6, 6.07) is 0. The van der Waals surface area contributed by atoms with Crippen LogP contribution in [-0.4, -0.2) is 12.1 Å². The molecular weight excluding hydrogens is 152 g/mol. The zero-order valence-electron chi connectivity index (χ0n) is 7.84. The number of aldehydes is 1. The van der Waals surface area contributed by atoms with Gasteiger partial charge in [-0.25, -0.2) is 0 Å². The van der Waals surface area contributed by atoms with Gasteiger partial charge in [-0.2, -0.15) is 0 Å². The van der Waals surface area contributed by atoms with Gasteiger partial charge < -0.3 is 4.79 Å². The lowest BCUT2D eigenvalue weighted by Crippen LogP contribution is -1.94. The van der Waals surface area contributed by atoms with Gasteiger partial charge in [0, 0.05) is 19.3 Å². The van der Waals surface area contributed by atoms with Crippen molar-refractivity contribution in [3.05, 3.63) is 0 Å². The Morgan fingerprint density at radius 2 is 1.83 bits per heavy atom. The Hall–Kier alpha value is -0.660. The summed E-state index contributed by atoms with van der Waals surface area (Å²) in [7, 11) is 0. The Labute approximate surface area is 74.3 Å². The molecule has 0 aromatic heterocycles. The molecule has 0 bridgehead atoms. The lowest BCUT2D eigenvalue weighted by atomic mass is 10.1. The lowest BCUT2D eigenvalue weighted by molar-refractivity contribution is -0.118. The highest BCUT2D eigenvalue weighted by atomic mass is 16.1. The maximum Gasteiger partial charge on any atom is 0.132 e. The quantitative estimate of drug-likeness (QED) is 0.414. The van der Waals surface area contributed by atoms with Gasteiger partial charge in [0.15, 0.2) is 0 Å². The number of Topliss-reactive ketones (excluding diaryl/α,β-unsaturated/α-hetero) is 1. The second kappa shape index (κ2) is 8.44. The van der Waals surface area contributed by atoms with Gasteiger partial charge in [-0.1, -0.05) is 19.8 Å². The average molecular weight is 170 g/mol. The van der Waals surface area contributed by atoms with Crippen LogP contribution in [0.15, 0.2) is 0 Å². The molecule has 70 valence electrons. The van der Waals surface area contributed by atoms with E-state index in [0.29, 0.717) is 18.6 Å². The molecule has 0 fully saturated rings. The Bertz CT molecular complexity index is 130. The molecule has 0 saturated heterocycles. The minimum absolute atomic E-state index is 0.352. The highest BCUT2D eigenvalue weighted by Gasteiger charge is 1.96. The third-order valence-electron chi connectivity index (χ3n) is 1.92. The maximum absolute atomic E-state index is 10.8. The normalized spacial score (nSPS) is 9.75. The fourth-order valence-corrected chi connectivity index (χ4v) is 1.08. The number of carbonyl (C=O) groups is 2. The first kappa shape index (κ1) is 11.3. The predicted octanol–water partition coefficient (Wildman–Crippen LogP) is 2.51. The summed E-state index contributed by atoms with van der Waals surface area (Å²) in [5, 5.41) is 0. The van der Waals surface area contributed by atoms with Crippen LogP contribution in [0.2, 0.25) is 0 Å². The van der Waals surface area contributed by atoms with E-state index in [0.717, 1.165) is 38.4 Å². The number of hydrogen-bond acceptors (Lipinski definition) is 2. The third kappa shape index (κ3) is 7.45. The van der Waals surface area contributed by atoms with Crippen LogP contribution >= 0.6 is 0 Å². The van der Waals surface area contributed by atoms with Gasteiger partial charge in [-0.3, -0.25) is 4.79 Å². The molecule has 0 rings (SSSR count). The maximum atomic E-state index is 10.8. The monoisotopic (exact) mass is 170 g/mol. The van der Waals surface area contributed by atoms with E-state index in [-0.39, 0.29) is 0 Å². The van der Waals surface area contributed by atoms with E-state index in [1.807, 2.05) is 6.92 Å². The SMILES string of the molecule is CCC(=O)CCCCCCC=O. The predicted molar refractivity (Wildman–Crippen MR) is 49.1 cm³/mol. The van der Waals surface area contributed by atoms with Crippen molar-refractivity contribution in [1.29, 1.82) is 0 Å². The van der Waals surface area contributed by atoms with Gasteiger partial charge in [0.25, 0.3) is 0 Å². The molecule has 2 heteroatoms. The van der Waals surface area contributed by atoms with Crippen molar-refractivity contribution < 1.29 is 9.59 Å². The summed E-state index contributed by atoms with van der Waals surface area (Å²) in [5.74, 6) is 0.352. The Balaban J connectivity index is 3.00. The van der Waals surface area contributed by atoms with Crippen molar-refractivity contribution in [2.45, 2.75) is 51.9 Å². The topological polar surface area (TPSA) is 34.1 Å². The molecule has 0 aromatic carbocycles. The molecule has 0 aliphatic heterocycles. The molecule has 0 amide bonds. The number of carbonyl (C=O) groups excluding carboxylic acids is 2. The summed E-state index contributed by atoms with van der Waals surface area (Å²) in [5.41, 5.74) is 0. The molecular formula is C10H18O2. The number of rotatable bonds is 8. The van der Waals surface area contributed by atoms with Crippen molar-refractivity contribution in [2.75, 3.05) is 0 Å². The van der Waals surface area contributed by atoms with Gasteiger partial charge in [-0.15, -0.1) is 0 Å². The largest absolute Gasteiger partial charge is 0.303 e. The standard InChI is InChI=1S/C10H18O2/c1-2-10(12)8-6-4-3-5-7-9-11/h9H,2-8H2,1H3. The van der Waals surface area contributed by atoms with Crippen LogP contribution in [-0.2, 0) is 9.59 Å². The zero-order chi connectivity index (χ0) is 9.23. The van der Waals surface area contributed by atoms with E-state index in [1.54, 1.807) is 0 Å². The number of unbranched alkanes of at least 4 members (excludes halogenated alkanes) is 4. The van der Waals surface area contributed by atoms with E-state index < -0.39 is 0 Å². The fraction of sp³-hybridized carbons (Fsp3) is 0.800. The van der Waals surface area contributed by atoms with E-state index in [9.17, 15) is 9.59 Å². The second-order valence-electron chi connectivity index (χ2n) is 3.01. The second-order valence-corrected chi connectivity index (χ2v) is 3.01. The molecule has 0 aromatic rings. The van der Waals surface area contributed by atoms with Gasteiger partial charge in [-0.05, 0) is 12.8 Å². The summed E-state index contributed by atoms with van der Waals surface area (Å²) >= 11 is 0. The zero-order valence-corrected chi connectivity index (χ0v) is 7.84. The van der Waals surface area contributed by atoms with Crippen molar-refractivity contribution in [3.8, 4) is 0 Å². The van der Waals surface area contributed by atoms with Crippen LogP contribution in [0.5, 0.6) is 0 Å². The van der Waals surface area contributed by atoms with E-state index in [2.05, 4.69) is 0 Å². The summed E-state index contributed by atoms with van der Waals surface area (Å²) in [4.78, 5) is 20.8. The molecule has 2 nitrogen and oxygen atoms in total. The molecule has 0 aliphatic rings. The molecule has 0 radical (unpaired) electrons. The van der Waals surface area contributed by atoms with Gasteiger partial charge >= 0.3 is 0 Å². The Morgan fingerprint density at radius 3 is 2.42 bits per heavy atom. The first-order valence-corrected chi connectivity index (χ1v) is 4.76. The van der Waals surface area contributed by atoms with Crippen LogP contribution in [0.4, 0.5) is 0 Å². The summed E-state index contributed by atoms with van der Waals surface area (Å²) in [6.45, 7) is 1.90. The highest BCUT2D eigenvalue weighted by molar-refractivity contribution is 5.77. The van der Waals surface area contributed by atoms with Crippen LogP contribution in [0.1, 0.15) is 51.9 Å². The summed E-state index contributed by atoms with van der Waals surface area (Å²) < 4.78 is 0. The minimum Gasteiger partial charge on any atom is -0.303 e. The first-order chi connectivity index (χ1) is 5.81. The van der Waals surface area contributed by atoms with Crippen LogP contribution in [0.3, 0.4) is 0 Å². The van der Waals surface area contributed by atoms with Crippen LogP contribution in [0.25, 0.3) is 0 Å². The Morgan fingerprint density at radius 1 is 1.17 bits per heavy atom. The smallest absolute Gasteiger partial charge is 0.132 e. The lowest BCUT2D eigenvalue weighted by Gasteiger charge is -1.97. The Kier molecular flexibility index (Phi) is 7.97. The van der Waals surface area contributed by atoms with Crippen molar-refractivity contribution >= 4 is 12.1 Å². The first-order valence-electron chi connectivity index (χ1n) is 4.76. The van der Waals surface area contributed by atoms with E-state index >= 15 is 0 Å². The number of ketones is 1. The molecule has 0 spiro atoms. The molecule has 0 N–H and O–H groups in total. The number of hydrogen-bond donors (Lipinski definition) is 0. The molecule has 0 atom stereocenters. The average Bonchev–Trinajstić information content (AvgIpc) is 2.10. The fourth-order valence-electron chi connectivity index (χ4n) is 1.08. The third-order valence-corrected chi connectivity index (χ3v) is 1.92. The molecule has 0 aliphatic carbocycles. The molecule has 12 heavy (non-hydrogen) atoms. The summed E-state index contributed by atoms with van der Waals surface area (Å²) in [6.07, 6.45) is 7.13. The molecule has 0 saturated carbocycles. The van der Waals surface area contributed by atoms with Crippen LogP contribution < -0.4 is 0 Å². The van der Waals surface area contributed by atoms with Crippen molar-refractivity contribution in [3.63, 3.8) is 0 Å². The molecule has 0 unspecified atom stereocenters. The highest BCUT2D eigenvalue weighted by Crippen LogP contribution is 2.05. The minimum atomic E-state index is 0.352. The van der Waals surface area contributed by atoms with Gasteiger partial charge in [0.2, 0.25) is 0 Å².